The molecule has 0 aliphatic carbocycles. The third-order valence-corrected chi connectivity index (χ3v) is 13.0. The van der Waals surface area contributed by atoms with Crippen LogP contribution in [0.3, 0.4) is 0 Å². The molecule has 0 radical (unpaired) electrons. The number of unbranched alkanes of at least 4 members (excludes halogenated alkanes) is 4. The Labute approximate surface area is 300 Å². The Kier molecular flexibility index (Phi) is 12.5. The fourth-order valence-electron chi connectivity index (χ4n) is 6.71. The largest absolute Gasteiger partial charge is 0.354 e. The number of nitrogens with zero attached hydrogens (tertiary/aromatic N) is 3. The topological polar surface area (TPSA) is 175 Å². The van der Waals surface area contributed by atoms with E-state index >= 15 is 0 Å². The second-order valence-corrected chi connectivity index (χ2v) is 18.4. The van der Waals surface area contributed by atoms with Crippen LogP contribution in [-0.4, -0.2) is 112 Å². The average molecular weight is 747 g/mol. The van der Waals surface area contributed by atoms with Crippen LogP contribution < -0.4 is 5.32 Å². The van der Waals surface area contributed by atoms with Crippen LogP contribution >= 0.6 is 0 Å². The molecule has 0 bridgehead atoms. The molecule has 2 aromatic rings. The van der Waals surface area contributed by atoms with Crippen molar-refractivity contribution in [3.63, 3.8) is 0 Å². The van der Waals surface area contributed by atoms with Crippen LogP contribution in [0.1, 0.15) is 121 Å². The zero-order valence-electron chi connectivity index (χ0n) is 30.6. The molecule has 1 unspecified atom stereocenters. The van der Waals surface area contributed by atoms with Gasteiger partial charge in [0.15, 0.2) is 19.7 Å². The van der Waals surface area contributed by atoms with Crippen molar-refractivity contribution < 1.29 is 40.8 Å². The van der Waals surface area contributed by atoms with Crippen molar-refractivity contribution in [2.45, 2.75) is 95.4 Å². The predicted molar refractivity (Wildman–Crippen MR) is 193 cm³/mol. The van der Waals surface area contributed by atoms with Crippen molar-refractivity contribution in [2.24, 2.45) is 5.92 Å². The molecule has 5 amide bonds. The highest BCUT2D eigenvalue weighted by Gasteiger charge is 2.48. The highest BCUT2D eigenvalue weighted by molar-refractivity contribution is 7.91. The molecule has 0 saturated carbocycles. The second kappa shape index (κ2) is 15.9. The van der Waals surface area contributed by atoms with E-state index in [0.29, 0.717) is 32.4 Å². The van der Waals surface area contributed by atoms with Gasteiger partial charge in [0.2, 0.25) is 5.91 Å². The lowest BCUT2D eigenvalue weighted by Crippen LogP contribution is -2.55. The van der Waals surface area contributed by atoms with E-state index in [1.807, 2.05) is 32.8 Å². The van der Waals surface area contributed by atoms with E-state index < -0.39 is 82.1 Å². The van der Waals surface area contributed by atoms with Crippen molar-refractivity contribution in [1.82, 2.24) is 20.0 Å². The van der Waals surface area contributed by atoms with E-state index in [1.165, 1.54) is 13.8 Å². The summed E-state index contributed by atoms with van der Waals surface area (Å²) in [7, 11) is -4.76. The molecule has 2 aliphatic rings. The molecular weight excluding hydrogens is 697 g/mol. The van der Waals surface area contributed by atoms with Crippen LogP contribution in [-0.2, 0) is 24.5 Å². The minimum absolute atomic E-state index is 0.0443. The van der Waals surface area contributed by atoms with Crippen molar-refractivity contribution in [3.05, 3.63) is 34.4 Å². The Hall–Kier alpha value is -3.69. The Morgan fingerprint density at radius 1 is 0.745 bits per heavy atom. The number of nitrogens with one attached hydrogen (secondary N) is 1. The first-order chi connectivity index (χ1) is 23.9. The number of rotatable bonds is 18. The van der Waals surface area contributed by atoms with Crippen molar-refractivity contribution in [3.8, 4) is 0 Å². The minimum Gasteiger partial charge on any atom is -0.354 e. The van der Waals surface area contributed by atoms with Crippen molar-refractivity contribution in [1.29, 1.82) is 0 Å². The lowest BCUT2D eigenvalue weighted by Gasteiger charge is -2.37. The van der Waals surface area contributed by atoms with Gasteiger partial charge in [-0.25, -0.2) is 16.8 Å². The van der Waals surface area contributed by atoms with Gasteiger partial charge in [-0.1, -0.05) is 53.9 Å². The van der Waals surface area contributed by atoms with Crippen molar-refractivity contribution >= 4 is 60.0 Å². The lowest BCUT2D eigenvalue weighted by molar-refractivity contribution is -0.125. The maximum Gasteiger partial charge on any atom is 0.263 e. The van der Waals surface area contributed by atoms with E-state index in [-0.39, 0.29) is 46.3 Å². The van der Waals surface area contributed by atoms with Gasteiger partial charge in [-0.15, -0.1) is 0 Å². The molecule has 1 atom stereocenters. The highest BCUT2D eigenvalue weighted by atomic mass is 32.2. The molecule has 13 nitrogen and oxygen atoms in total. The zero-order valence-corrected chi connectivity index (χ0v) is 32.3. The van der Waals surface area contributed by atoms with Gasteiger partial charge in [-0.3, -0.25) is 33.8 Å². The number of hydrogen-bond donors (Lipinski definition) is 1. The molecule has 0 saturated heterocycles. The lowest BCUT2D eigenvalue weighted by atomic mass is 9.84. The number of sulfone groups is 2. The van der Waals surface area contributed by atoms with Crippen LogP contribution in [0.5, 0.6) is 0 Å². The van der Waals surface area contributed by atoms with Gasteiger partial charge >= 0.3 is 0 Å². The molecule has 51 heavy (non-hydrogen) atoms. The molecule has 280 valence electrons. The van der Waals surface area contributed by atoms with Crippen LogP contribution in [0, 0.1) is 5.92 Å². The van der Waals surface area contributed by atoms with E-state index in [0.717, 1.165) is 41.2 Å². The van der Waals surface area contributed by atoms with E-state index in [1.54, 1.807) is 0 Å². The summed E-state index contributed by atoms with van der Waals surface area (Å²) in [5.41, 5.74) is -1.49. The summed E-state index contributed by atoms with van der Waals surface area (Å²) in [5, 5.41) is 2.30. The summed E-state index contributed by atoms with van der Waals surface area (Å²) in [6, 6.07) is 0.696. The van der Waals surface area contributed by atoms with Crippen molar-refractivity contribution in [2.75, 3.05) is 45.2 Å². The number of hydrogen-bond acceptors (Lipinski definition) is 10. The van der Waals surface area contributed by atoms with E-state index in [2.05, 4.69) is 12.2 Å². The van der Waals surface area contributed by atoms with Gasteiger partial charge in [-0.05, 0) is 64.4 Å². The average Bonchev–Trinajstić information content (AvgIpc) is 3.07. The second-order valence-electron chi connectivity index (χ2n) is 13.9. The maximum atomic E-state index is 14.6. The third kappa shape index (κ3) is 7.75. The highest BCUT2D eigenvalue weighted by Crippen LogP contribution is 2.44. The molecule has 2 aromatic carbocycles. The Morgan fingerprint density at radius 2 is 1.29 bits per heavy atom. The van der Waals surface area contributed by atoms with Gasteiger partial charge in [0, 0.05) is 23.9 Å². The summed E-state index contributed by atoms with van der Waals surface area (Å²) in [5.74, 6) is -5.55. The maximum absolute atomic E-state index is 14.6. The first kappa shape index (κ1) is 40.1. The predicted octanol–water partition coefficient (Wildman–Crippen LogP) is 4.07. The number of benzene rings is 2. The smallest absolute Gasteiger partial charge is 0.263 e. The summed E-state index contributed by atoms with van der Waals surface area (Å²) in [6.45, 7) is 9.31. The monoisotopic (exact) mass is 746 g/mol. The Morgan fingerprint density at radius 3 is 1.80 bits per heavy atom. The Bertz CT molecular complexity index is 1970. The van der Waals surface area contributed by atoms with Crippen LogP contribution in [0.15, 0.2) is 21.9 Å². The molecule has 0 fully saturated rings. The van der Waals surface area contributed by atoms with Gasteiger partial charge in [0.1, 0.15) is 6.04 Å². The van der Waals surface area contributed by atoms with E-state index in [9.17, 15) is 40.8 Å². The zero-order chi connectivity index (χ0) is 38.0. The summed E-state index contributed by atoms with van der Waals surface area (Å²) < 4.78 is 54.9. The fraction of sp³-hybridized carbons (Fsp3) is 0.583. The first-order valence-corrected chi connectivity index (χ1v) is 21.0. The standard InChI is InChI=1S/C36H50N4O9S2/c1-8-11-12-13-16-37-32(41)25(19-22(4)5)40-34(43)24-21-26(50(46,47)9-2)30-28-23(33(42)39(35(30)44)18-15-14-17-38(6)7)20-27(51(48,49)10-3)31(29(24)28)36(40)45/h20-22,25H,8-19H2,1-7H3,(H,37,41). The minimum atomic E-state index is -4.27. The number of imide groups is 2. The van der Waals surface area contributed by atoms with Gasteiger partial charge in [-0.2, -0.15) is 0 Å². The molecule has 1 N–H and O–H groups in total. The number of carbonyl (C=O) groups excluding carboxylic acids is 5. The molecule has 4 rings (SSSR count). The van der Waals surface area contributed by atoms with Gasteiger partial charge in [0.05, 0.1) is 43.6 Å². The van der Waals surface area contributed by atoms with Crippen LogP contribution in [0.2, 0.25) is 0 Å². The molecule has 2 aliphatic heterocycles. The number of carbonyl (C=O) groups is 5. The molecule has 2 heterocycles. The van der Waals surface area contributed by atoms with Crippen LogP contribution in [0.4, 0.5) is 0 Å². The van der Waals surface area contributed by atoms with Gasteiger partial charge < -0.3 is 10.2 Å². The molecule has 0 spiro atoms. The third-order valence-electron chi connectivity index (χ3n) is 9.45. The fourth-order valence-corrected chi connectivity index (χ4v) is 8.92. The normalized spacial score (nSPS) is 15.5. The number of amides is 5. The summed E-state index contributed by atoms with van der Waals surface area (Å²) in [4.78, 5) is 73.7. The Balaban J connectivity index is 2.03. The molecule has 0 aromatic heterocycles. The summed E-state index contributed by atoms with van der Waals surface area (Å²) in [6.07, 6.45) is 4.55. The summed E-state index contributed by atoms with van der Waals surface area (Å²) >= 11 is 0. The van der Waals surface area contributed by atoms with Crippen LogP contribution in [0.25, 0.3) is 10.8 Å². The van der Waals surface area contributed by atoms with E-state index in [4.69, 9.17) is 0 Å². The quantitative estimate of drug-likeness (QED) is 0.173. The SMILES string of the molecule is CCCCCCNC(=O)C(CC(C)C)N1C(=O)c2cc(S(=O)(=O)CC)c3c4c(cc(S(=O)(=O)CC)c(c24)C1=O)C(=O)N(CCCCN(C)C)C3=O. The molecule has 15 heteroatoms. The first-order valence-electron chi connectivity index (χ1n) is 17.7. The van der Waals surface area contributed by atoms with Gasteiger partial charge in [0.25, 0.3) is 23.6 Å². The molecular formula is C36H50N4O9S2.